The van der Waals surface area contributed by atoms with Gasteiger partial charge < -0.3 is 19.5 Å². The number of sulfonamides is 1. The molecule has 0 radical (unpaired) electrons. The smallest absolute Gasteiger partial charge is 0.261 e. The predicted octanol–water partition coefficient (Wildman–Crippen LogP) is 3.24. The van der Waals surface area contributed by atoms with Crippen molar-refractivity contribution in [3.63, 3.8) is 0 Å². The van der Waals surface area contributed by atoms with Crippen LogP contribution in [0, 0.1) is 0 Å². The average Bonchev–Trinajstić information content (AvgIpc) is 2.83. The minimum atomic E-state index is -3.71. The molecule has 9 heteroatoms. The fraction of sp³-hybridized carbons (Fsp3) is 0.208. The topological polar surface area (TPSA) is 103 Å². The van der Waals surface area contributed by atoms with E-state index in [1.54, 1.807) is 44.6 Å². The summed E-state index contributed by atoms with van der Waals surface area (Å²) in [4.78, 5) is 12.2. The predicted molar refractivity (Wildman–Crippen MR) is 125 cm³/mol. The molecular weight excluding hydrogens is 444 g/mol. The minimum Gasteiger partial charge on any atom is -0.493 e. The molecule has 0 aliphatic heterocycles. The number of methoxy groups -OCH3 is 2. The molecule has 0 unspecified atom stereocenters. The highest BCUT2D eigenvalue weighted by molar-refractivity contribution is 7.92. The van der Waals surface area contributed by atoms with E-state index >= 15 is 0 Å². The molecule has 0 fully saturated rings. The van der Waals surface area contributed by atoms with Crippen LogP contribution >= 0.6 is 0 Å². The Hall–Kier alpha value is -3.72. The van der Waals surface area contributed by atoms with E-state index in [2.05, 4.69) is 10.0 Å². The molecular formula is C24H26N2O6S. The molecule has 0 aliphatic carbocycles. The van der Waals surface area contributed by atoms with Gasteiger partial charge in [0, 0.05) is 12.2 Å². The zero-order valence-corrected chi connectivity index (χ0v) is 19.2. The summed E-state index contributed by atoms with van der Waals surface area (Å²) in [5.74, 6) is 1.39. The Labute approximate surface area is 193 Å². The normalized spacial score (nSPS) is 10.8. The molecule has 0 bridgehead atoms. The standard InChI is InChI=1S/C24H26N2O6S/c1-30-22-13-8-18(16-23(22)31-2)14-15-25-24(27)17-32-20-9-11-21(12-10-20)33(28,29)26-19-6-4-3-5-7-19/h3-13,16,26H,14-15,17H2,1-2H3,(H,25,27). The van der Waals surface area contributed by atoms with Crippen molar-refractivity contribution in [1.29, 1.82) is 0 Å². The summed E-state index contributed by atoms with van der Waals surface area (Å²) in [6.45, 7) is 0.250. The molecule has 3 aromatic rings. The molecule has 0 aliphatic rings. The molecule has 0 atom stereocenters. The summed E-state index contributed by atoms with van der Waals surface area (Å²) in [5, 5.41) is 2.79. The maximum atomic E-state index is 12.5. The van der Waals surface area contributed by atoms with Gasteiger partial charge in [0.1, 0.15) is 5.75 Å². The Bertz CT molecular complexity index is 1170. The molecule has 3 aromatic carbocycles. The zero-order chi connectivity index (χ0) is 23.7. The summed E-state index contributed by atoms with van der Waals surface area (Å²) in [6, 6.07) is 20.1. The van der Waals surface area contributed by atoms with Crippen LogP contribution in [0.5, 0.6) is 17.2 Å². The van der Waals surface area contributed by atoms with Gasteiger partial charge in [-0.25, -0.2) is 8.42 Å². The molecule has 1 amide bonds. The van der Waals surface area contributed by atoms with Crippen LogP contribution in [0.2, 0.25) is 0 Å². The first kappa shape index (κ1) is 23.9. The van der Waals surface area contributed by atoms with E-state index in [9.17, 15) is 13.2 Å². The lowest BCUT2D eigenvalue weighted by Gasteiger charge is -2.11. The van der Waals surface area contributed by atoms with Crippen LogP contribution in [0.4, 0.5) is 5.69 Å². The van der Waals surface area contributed by atoms with E-state index < -0.39 is 10.0 Å². The highest BCUT2D eigenvalue weighted by Crippen LogP contribution is 2.27. The van der Waals surface area contributed by atoms with E-state index in [0.29, 0.717) is 35.9 Å². The number of ether oxygens (including phenoxy) is 3. The molecule has 0 saturated carbocycles. The van der Waals surface area contributed by atoms with Crippen molar-refractivity contribution < 1.29 is 27.4 Å². The Morgan fingerprint density at radius 1 is 0.879 bits per heavy atom. The summed E-state index contributed by atoms with van der Waals surface area (Å²) in [5.41, 5.74) is 1.47. The molecule has 0 spiro atoms. The lowest BCUT2D eigenvalue weighted by Crippen LogP contribution is -2.30. The van der Waals surface area contributed by atoms with Gasteiger partial charge in [0.15, 0.2) is 18.1 Å². The molecule has 174 valence electrons. The number of carbonyl (C=O) groups is 1. The van der Waals surface area contributed by atoms with Crippen LogP contribution in [0.1, 0.15) is 5.56 Å². The third-order valence-electron chi connectivity index (χ3n) is 4.71. The van der Waals surface area contributed by atoms with Gasteiger partial charge in [-0.05, 0) is 60.5 Å². The third kappa shape index (κ3) is 6.88. The van der Waals surface area contributed by atoms with Crippen molar-refractivity contribution in [3.05, 3.63) is 78.4 Å². The number of para-hydroxylation sites is 1. The number of nitrogens with one attached hydrogen (secondary N) is 2. The SMILES string of the molecule is COc1ccc(CCNC(=O)COc2ccc(S(=O)(=O)Nc3ccccc3)cc2)cc1OC. The summed E-state index contributed by atoms with van der Waals surface area (Å²) in [6.07, 6.45) is 0.618. The summed E-state index contributed by atoms with van der Waals surface area (Å²) in [7, 11) is -0.564. The van der Waals surface area contributed by atoms with Crippen molar-refractivity contribution in [3.8, 4) is 17.2 Å². The summed E-state index contributed by atoms with van der Waals surface area (Å²) < 4.78 is 43.4. The van der Waals surface area contributed by atoms with E-state index in [1.165, 1.54) is 24.3 Å². The lowest BCUT2D eigenvalue weighted by molar-refractivity contribution is -0.123. The van der Waals surface area contributed by atoms with Gasteiger partial charge in [0.25, 0.3) is 15.9 Å². The number of anilines is 1. The second-order valence-corrected chi connectivity index (χ2v) is 8.70. The summed E-state index contributed by atoms with van der Waals surface area (Å²) >= 11 is 0. The zero-order valence-electron chi connectivity index (χ0n) is 18.4. The number of hydrogen-bond acceptors (Lipinski definition) is 6. The molecule has 2 N–H and O–H groups in total. The van der Waals surface area contributed by atoms with Crippen molar-refractivity contribution in [2.75, 3.05) is 32.1 Å². The maximum absolute atomic E-state index is 12.5. The molecule has 0 aromatic heterocycles. The molecule has 0 saturated heterocycles. The van der Waals surface area contributed by atoms with Crippen LogP contribution in [-0.2, 0) is 21.2 Å². The first-order chi connectivity index (χ1) is 15.9. The van der Waals surface area contributed by atoms with E-state index in [-0.39, 0.29) is 17.4 Å². The Morgan fingerprint density at radius 2 is 1.58 bits per heavy atom. The van der Waals surface area contributed by atoms with Gasteiger partial charge in [-0.3, -0.25) is 9.52 Å². The van der Waals surface area contributed by atoms with Crippen molar-refractivity contribution in [1.82, 2.24) is 5.32 Å². The molecule has 33 heavy (non-hydrogen) atoms. The average molecular weight is 471 g/mol. The number of benzene rings is 3. The van der Waals surface area contributed by atoms with Gasteiger partial charge >= 0.3 is 0 Å². The maximum Gasteiger partial charge on any atom is 0.261 e. The molecule has 8 nitrogen and oxygen atoms in total. The molecule has 0 heterocycles. The van der Waals surface area contributed by atoms with Gasteiger partial charge in [-0.2, -0.15) is 0 Å². The fourth-order valence-corrected chi connectivity index (χ4v) is 4.08. The fourth-order valence-electron chi connectivity index (χ4n) is 3.02. The highest BCUT2D eigenvalue weighted by Gasteiger charge is 2.14. The van der Waals surface area contributed by atoms with Crippen LogP contribution < -0.4 is 24.2 Å². The quantitative estimate of drug-likeness (QED) is 0.446. The van der Waals surface area contributed by atoms with E-state index in [0.717, 1.165) is 5.56 Å². The first-order valence-electron chi connectivity index (χ1n) is 10.2. The van der Waals surface area contributed by atoms with Crippen LogP contribution in [-0.4, -0.2) is 41.7 Å². The second kappa shape index (κ2) is 11.2. The van der Waals surface area contributed by atoms with Gasteiger partial charge in [-0.15, -0.1) is 0 Å². The third-order valence-corrected chi connectivity index (χ3v) is 6.11. The van der Waals surface area contributed by atoms with Crippen molar-refractivity contribution in [2.24, 2.45) is 0 Å². The first-order valence-corrected chi connectivity index (χ1v) is 11.7. The Kier molecular flexibility index (Phi) is 8.15. The number of carbonyl (C=O) groups excluding carboxylic acids is 1. The number of hydrogen-bond donors (Lipinski definition) is 2. The number of rotatable bonds is 11. The lowest BCUT2D eigenvalue weighted by atomic mass is 10.1. The van der Waals surface area contributed by atoms with E-state index in [4.69, 9.17) is 14.2 Å². The monoisotopic (exact) mass is 470 g/mol. The van der Waals surface area contributed by atoms with E-state index in [1.807, 2.05) is 18.2 Å². The Morgan fingerprint density at radius 3 is 2.24 bits per heavy atom. The van der Waals surface area contributed by atoms with Crippen LogP contribution in [0.15, 0.2) is 77.7 Å². The van der Waals surface area contributed by atoms with Crippen LogP contribution in [0.25, 0.3) is 0 Å². The van der Waals surface area contributed by atoms with Crippen molar-refractivity contribution >= 4 is 21.6 Å². The number of amides is 1. The minimum absolute atomic E-state index is 0.0954. The van der Waals surface area contributed by atoms with Crippen LogP contribution in [0.3, 0.4) is 0 Å². The van der Waals surface area contributed by atoms with Gasteiger partial charge in [-0.1, -0.05) is 24.3 Å². The Balaban J connectivity index is 1.46. The van der Waals surface area contributed by atoms with Gasteiger partial charge in [0.05, 0.1) is 19.1 Å². The van der Waals surface area contributed by atoms with Crippen molar-refractivity contribution in [2.45, 2.75) is 11.3 Å². The molecule has 3 rings (SSSR count). The van der Waals surface area contributed by atoms with Gasteiger partial charge in [0.2, 0.25) is 0 Å². The highest BCUT2D eigenvalue weighted by atomic mass is 32.2. The second-order valence-electron chi connectivity index (χ2n) is 7.02. The largest absolute Gasteiger partial charge is 0.493 e.